The number of rotatable bonds is 3. The summed E-state index contributed by atoms with van der Waals surface area (Å²) in [5.41, 5.74) is 2.03. The van der Waals surface area contributed by atoms with E-state index in [0.29, 0.717) is 10.0 Å². The Labute approximate surface area is 115 Å². The molecule has 0 fully saturated rings. The monoisotopic (exact) mass is 310 g/mol. The third-order valence-electron chi connectivity index (χ3n) is 2.82. The second-order valence-electron chi connectivity index (χ2n) is 4.77. The summed E-state index contributed by atoms with van der Waals surface area (Å²) in [5, 5.41) is 20.4. The van der Waals surface area contributed by atoms with Crippen LogP contribution in [0, 0.1) is 21.4 Å². The Morgan fingerprint density at radius 2 is 1.89 bits per heavy atom. The summed E-state index contributed by atoms with van der Waals surface area (Å²) in [4.78, 5) is 10.6. The Kier molecular flexibility index (Phi) is 4.47. The third-order valence-corrected chi connectivity index (χ3v) is 3.65. The molecule has 0 saturated heterocycles. The van der Waals surface area contributed by atoms with E-state index in [-0.39, 0.29) is 17.5 Å². The lowest BCUT2D eigenvalue weighted by atomic mass is 9.88. The number of benzene rings is 1. The molecule has 0 aliphatic rings. The zero-order valence-electron chi connectivity index (χ0n) is 10.8. The van der Waals surface area contributed by atoms with E-state index < -0.39 is 4.92 Å². The molecule has 0 N–H and O–H groups in total. The third kappa shape index (κ3) is 2.54. The van der Waals surface area contributed by atoms with Crippen molar-refractivity contribution in [1.29, 1.82) is 5.26 Å². The minimum atomic E-state index is -0.414. The smallest absolute Gasteiger partial charge is 0.258 e. The number of nitriles is 1. The predicted octanol–water partition coefficient (Wildman–Crippen LogP) is 4.48. The lowest BCUT2D eigenvalue weighted by Crippen LogP contribution is -2.05. The van der Waals surface area contributed by atoms with Gasteiger partial charge in [0.1, 0.15) is 0 Å². The van der Waals surface area contributed by atoms with Crippen LogP contribution in [0.5, 0.6) is 0 Å². The average Bonchev–Trinajstić information content (AvgIpc) is 2.26. The van der Waals surface area contributed by atoms with E-state index in [9.17, 15) is 15.4 Å². The minimum absolute atomic E-state index is 0.0291. The molecule has 0 spiro atoms. The lowest BCUT2D eigenvalue weighted by molar-refractivity contribution is -0.385. The molecule has 0 radical (unpaired) electrons. The van der Waals surface area contributed by atoms with Crippen molar-refractivity contribution in [3.8, 4) is 6.07 Å². The second kappa shape index (κ2) is 5.49. The van der Waals surface area contributed by atoms with Crippen LogP contribution in [0.1, 0.15) is 56.2 Å². The van der Waals surface area contributed by atoms with Crippen LogP contribution in [0.3, 0.4) is 0 Å². The molecule has 0 aliphatic heterocycles. The van der Waals surface area contributed by atoms with Crippen LogP contribution < -0.4 is 0 Å². The molecule has 0 bridgehead atoms. The first kappa shape index (κ1) is 14.7. The van der Waals surface area contributed by atoms with Crippen LogP contribution >= 0.6 is 15.9 Å². The average molecular weight is 311 g/mol. The van der Waals surface area contributed by atoms with Gasteiger partial charge in [-0.2, -0.15) is 5.26 Å². The van der Waals surface area contributed by atoms with Gasteiger partial charge in [0.05, 0.1) is 21.0 Å². The fourth-order valence-corrected chi connectivity index (χ4v) is 2.86. The van der Waals surface area contributed by atoms with Gasteiger partial charge in [0.2, 0.25) is 0 Å². The standard InChI is InChI=1S/C13H15BrN2O2/c1-7(2)9-5-11(16(17)18)13(14)12(8(3)4)10(9)6-15/h5,7-8H,1-4H3. The van der Waals surface area contributed by atoms with Crippen molar-refractivity contribution in [1.82, 2.24) is 0 Å². The van der Waals surface area contributed by atoms with Crippen molar-refractivity contribution in [3.05, 3.63) is 37.3 Å². The molecule has 96 valence electrons. The molecule has 0 heterocycles. The maximum absolute atomic E-state index is 11.1. The van der Waals surface area contributed by atoms with Crippen molar-refractivity contribution < 1.29 is 4.92 Å². The first-order valence-electron chi connectivity index (χ1n) is 5.72. The van der Waals surface area contributed by atoms with Gasteiger partial charge in [-0.3, -0.25) is 10.1 Å². The van der Waals surface area contributed by atoms with Gasteiger partial charge >= 0.3 is 0 Å². The van der Waals surface area contributed by atoms with E-state index >= 15 is 0 Å². The van der Waals surface area contributed by atoms with Crippen LogP contribution in [-0.4, -0.2) is 4.92 Å². The summed E-state index contributed by atoms with van der Waals surface area (Å²) in [7, 11) is 0. The van der Waals surface area contributed by atoms with Crippen molar-refractivity contribution >= 4 is 21.6 Å². The molecule has 0 aliphatic carbocycles. The fourth-order valence-electron chi connectivity index (χ4n) is 1.94. The normalized spacial score (nSPS) is 10.8. The molecule has 1 rings (SSSR count). The number of hydrogen-bond donors (Lipinski definition) is 0. The SMILES string of the molecule is CC(C)c1cc([N+](=O)[O-])c(Br)c(C(C)C)c1C#N. The van der Waals surface area contributed by atoms with E-state index in [1.54, 1.807) is 0 Å². The Balaban J connectivity index is 3.77. The van der Waals surface area contributed by atoms with E-state index in [4.69, 9.17) is 0 Å². The van der Waals surface area contributed by atoms with Gasteiger partial charge in [0.25, 0.3) is 5.69 Å². The van der Waals surface area contributed by atoms with Crippen LogP contribution in [0.15, 0.2) is 10.5 Å². The maximum Gasteiger partial charge on any atom is 0.284 e. The molecule has 18 heavy (non-hydrogen) atoms. The molecule has 1 aromatic carbocycles. The number of nitrogens with zero attached hydrogens (tertiary/aromatic N) is 2. The van der Waals surface area contributed by atoms with Gasteiger partial charge in [-0.25, -0.2) is 0 Å². The van der Waals surface area contributed by atoms with Crippen molar-refractivity contribution in [2.45, 2.75) is 39.5 Å². The second-order valence-corrected chi connectivity index (χ2v) is 5.56. The highest BCUT2D eigenvalue weighted by atomic mass is 79.9. The van der Waals surface area contributed by atoms with Crippen LogP contribution in [0.25, 0.3) is 0 Å². The highest BCUT2D eigenvalue weighted by Gasteiger charge is 2.25. The van der Waals surface area contributed by atoms with Crippen LogP contribution in [-0.2, 0) is 0 Å². The molecule has 0 aromatic heterocycles. The predicted molar refractivity (Wildman–Crippen MR) is 73.7 cm³/mol. The van der Waals surface area contributed by atoms with Crippen LogP contribution in [0.2, 0.25) is 0 Å². The first-order valence-corrected chi connectivity index (χ1v) is 6.51. The minimum Gasteiger partial charge on any atom is -0.258 e. The molecule has 0 saturated carbocycles. The van der Waals surface area contributed by atoms with Gasteiger partial charge in [-0.15, -0.1) is 0 Å². The van der Waals surface area contributed by atoms with Gasteiger partial charge in [-0.05, 0) is 38.9 Å². The van der Waals surface area contributed by atoms with E-state index in [2.05, 4.69) is 22.0 Å². The molecule has 0 amide bonds. The summed E-state index contributed by atoms with van der Waals surface area (Å²) < 4.78 is 0.420. The van der Waals surface area contributed by atoms with Gasteiger partial charge in [0.15, 0.2) is 0 Å². The van der Waals surface area contributed by atoms with E-state index in [1.807, 2.05) is 27.7 Å². The Morgan fingerprint density at radius 3 is 2.22 bits per heavy atom. The molecular weight excluding hydrogens is 296 g/mol. The summed E-state index contributed by atoms with van der Waals surface area (Å²) >= 11 is 3.26. The van der Waals surface area contributed by atoms with Crippen molar-refractivity contribution in [2.24, 2.45) is 0 Å². The molecule has 4 nitrogen and oxygen atoms in total. The lowest BCUT2D eigenvalue weighted by Gasteiger charge is -2.16. The van der Waals surface area contributed by atoms with E-state index in [1.165, 1.54) is 6.07 Å². The topological polar surface area (TPSA) is 66.9 Å². The highest BCUT2D eigenvalue weighted by molar-refractivity contribution is 9.10. The summed E-state index contributed by atoms with van der Waals surface area (Å²) in [5.74, 6) is 0.121. The molecule has 5 heteroatoms. The molecule has 0 atom stereocenters. The number of nitro groups is 1. The van der Waals surface area contributed by atoms with Crippen molar-refractivity contribution in [2.75, 3.05) is 0 Å². The van der Waals surface area contributed by atoms with E-state index in [0.717, 1.165) is 11.1 Å². The maximum atomic E-state index is 11.1. The van der Waals surface area contributed by atoms with Gasteiger partial charge in [0, 0.05) is 6.07 Å². The molecule has 1 aromatic rings. The van der Waals surface area contributed by atoms with Crippen molar-refractivity contribution in [3.63, 3.8) is 0 Å². The summed E-state index contributed by atoms with van der Waals surface area (Å²) in [6.45, 7) is 7.71. The zero-order chi connectivity index (χ0) is 14.0. The quantitative estimate of drug-likeness (QED) is 0.610. The summed E-state index contributed by atoms with van der Waals surface area (Å²) in [6.07, 6.45) is 0. The zero-order valence-corrected chi connectivity index (χ0v) is 12.4. The number of nitro benzene ring substituents is 1. The Morgan fingerprint density at radius 1 is 1.33 bits per heavy atom. The first-order chi connectivity index (χ1) is 8.31. The molecule has 0 unspecified atom stereocenters. The number of hydrogen-bond acceptors (Lipinski definition) is 3. The Hall–Kier alpha value is -1.41. The van der Waals surface area contributed by atoms with Crippen LogP contribution in [0.4, 0.5) is 5.69 Å². The van der Waals surface area contributed by atoms with Gasteiger partial charge < -0.3 is 0 Å². The number of halogens is 1. The van der Waals surface area contributed by atoms with Gasteiger partial charge in [-0.1, -0.05) is 27.7 Å². The summed E-state index contributed by atoms with van der Waals surface area (Å²) in [6, 6.07) is 3.68. The fraction of sp³-hybridized carbons (Fsp3) is 0.462. The largest absolute Gasteiger partial charge is 0.284 e. The highest BCUT2D eigenvalue weighted by Crippen LogP contribution is 2.39. The Bertz CT molecular complexity index is 531. The molecular formula is C13H15BrN2O2.